The second kappa shape index (κ2) is 11.5. The van der Waals surface area contributed by atoms with Gasteiger partial charge in [0.15, 0.2) is 17.2 Å². The van der Waals surface area contributed by atoms with Gasteiger partial charge in [-0.05, 0) is 43.3 Å². The van der Waals surface area contributed by atoms with E-state index in [1.807, 2.05) is 37.3 Å². The molecule has 0 unspecified atom stereocenters. The Morgan fingerprint density at radius 2 is 1.50 bits per heavy atom. The van der Waals surface area contributed by atoms with Crippen LogP contribution in [0.1, 0.15) is 27.8 Å². The first-order valence-electron chi connectivity index (χ1n) is 11.2. The average molecular weight is 489 g/mol. The number of aromatic nitrogens is 2. The Bertz CT molecular complexity index is 1420. The molecule has 4 rings (SSSR count). The van der Waals surface area contributed by atoms with E-state index >= 15 is 0 Å². The number of benzene rings is 3. The van der Waals surface area contributed by atoms with Crippen LogP contribution in [-0.2, 0) is 0 Å². The van der Waals surface area contributed by atoms with Crippen molar-refractivity contribution in [2.75, 3.05) is 19.8 Å². The number of carbonyl (C=O) groups is 2. The molecule has 0 atom stereocenters. The largest absolute Gasteiger partial charge is 0.490 e. The number of nitrogens with zero attached hydrogens (tertiary/aromatic N) is 1. The van der Waals surface area contributed by atoms with E-state index in [-0.39, 0.29) is 17.9 Å². The molecule has 10 nitrogen and oxygen atoms in total. The predicted molar refractivity (Wildman–Crippen MR) is 132 cm³/mol. The van der Waals surface area contributed by atoms with Crippen molar-refractivity contribution in [1.29, 1.82) is 0 Å². The molecule has 1 aromatic heterocycles. The molecular weight excluding hydrogens is 464 g/mol. The number of hydrogen-bond acceptors (Lipinski definition) is 7. The quantitative estimate of drug-likeness (QED) is 0.244. The molecule has 3 N–H and O–H groups in total. The number of ether oxygens (including phenoxy) is 3. The standard InChI is InChI=1S/C26H24N4O6/c1-2-34-22-16-17(12-13-21(22)36-15-14-35-18-8-4-3-5-9-18)24(31)28-30-26(33)23-19-10-6-7-11-20(19)25(32)29-27-23/h3-13,16H,2,14-15H2,1H3,(H,28,31)(H,29,32)(H,30,33). The summed E-state index contributed by atoms with van der Waals surface area (Å²) in [6, 6.07) is 20.6. The summed E-state index contributed by atoms with van der Waals surface area (Å²) in [7, 11) is 0. The second-order valence-corrected chi connectivity index (χ2v) is 7.46. The van der Waals surface area contributed by atoms with E-state index in [1.54, 1.807) is 36.4 Å². The molecule has 36 heavy (non-hydrogen) atoms. The number of carbonyl (C=O) groups excluding carboxylic acids is 2. The highest BCUT2D eigenvalue weighted by Gasteiger charge is 2.16. The minimum atomic E-state index is -0.681. The van der Waals surface area contributed by atoms with Crippen LogP contribution in [0.3, 0.4) is 0 Å². The van der Waals surface area contributed by atoms with Crippen LogP contribution in [0.4, 0.5) is 0 Å². The molecule has 0 saturated heterocycles. The van der Waals surface area contributed by atoms with Gasteiger partial charge in [-0.25, -0.2) is 5.10 Å². The van der Waals surface area contributed by atoms with Crippen LogP contribution in [0.2, 0.25) is 0 Å². The molecule has 0 saturated carbocycles. The van der Waals surface area contributed by atoms with Gasteiger partial charge in [0.2, 0.25) is 0 Å². The van der Waals surface area contributed by atoms with Gasteiger partial charge in [0.1, 0.15) is 19.0 Å². The molecule has 0 bridgehead atoms. The first-order valence-corrected chi connectivity index (χ1v) is 11.2. The van der Waals surface area contributed by atoms with Crippen LogP contribution >= 0.6 is 0 Å². The van der Waals surface area contributed by atoms with Crippen molar-refractivity contribution in [3.8, 4) is 17.2 Å². The van der Waals surface area contributed by atoms with E-state index in [4.69, 9.17) is 14.2 Å². The van der Waals surface area contributed by atoms with Crippen molar-refractivity contribution in [3.05, 3.63) is 94.4 Å². The molecule has 0 spiro atoms. The highest BCUT2D eigenvalue weighted by molar-refractivity contribution is 6.06. The van der Waals surface area contributed by atoms with Gasteiger partial charge in [-0.1, -0.05) is 36.4 Å². The number of fused-ring (bicyclic) bond motifs is 1. The van der Waals surface area contributed by atoms with Gasteiger partial charge in [0.05, 0.1) is 12.0 Å². The fourth-order valence-electron chi connectivity index (χ4n) is 3.40. The van der Waals surface area contributed by atoms with Gasteiger partial charge in [-0.3, -0.25) is 25.2 Å². The van der Waals surface area contributed by atoms with Crippen LogP contribution in [0, 0.1) is 0 Å². The smallest absolute Gasteiger partial charge is 0.290 e. The maximum absolute atomic E-state index is 12.7. The van der Waals surface area contributed by atoms with Crippen LogP contribution in [-0.4, -0.2) is 41.8 Å². The molecule has 4 aromatic rings. The molecular formula is C26H24N4O6. The van der Waals surface area contributed by atoms with Crippen molar-refractivity contribution >= 4 is 22.6 Å². The molecule has 1 heterocycles. The summed E-state index contributed by atoms with van der Waals surface area (Å²) in [4.78, 5) is 37.2. The Morgan fingerprint density at radius 1 is 0.806 bits per heavy atom. The summed E-state index contributed by atoms with van der Waals surface area (Å²) >= 11 is 0. The number of amides is 2. The molecule has 0 radical (unpaired) electrons. The molecule has 10 heteroatoms. The Hall–Kier alpha value is -4.86. The van der Waals surface area contributed by atoms with Crippen LogP contribution < -0.4 is 30.6 Å². The summed E-state index contributed by atoms with van der Waals surface area (Å²) in [6.07, 6.45) is 0. The lowest BCUT2D eigenvalue weighted by atomic mass is 10.1. The maximum Gasteiger partial charge on any atom is 0.290 e. The number of aromatic amines is 1. The lowest BCUT2D eigenvalue weighted by Gasteiger charge is -2.14. The lowest BCUT2D eigenvalue weighted by Crippen LogP contribution is -2.42. The third-order valence-corrected chi connectivity index (χ3v) is 5.06. The second-order valence-electron chi connectivity index (χ2n) is 7.46. The van der Waals surface area contributed by atoms with E-state index in [9.17, 15) is 14.4 Å². The van der Waals surface area contributed by atoms with E-state index in [0.29, 0.717) is 35.5 Å². The summed E-state index contributed by atoms with van der Waals surface area (Å²) in [5, 5.41) is 6.78. The highest BCUT2D eigenvalue weighted by atomic mass is 16.5. The normalized spacial score (nSPS) is 10.5. The number of nitrogens with one attached hydrogen (secondary N) is 3. The van der Waals surface area contributed by atoms with Gasteiger partial charge in [0, 0.05) is 10.9 Å². The van der Waals surface area contributed by atoms with Gasteiger partial charge in [0.25, 0.3) is 17.4 Å². The van der Waals surface area contributed by atoms with E-state index in [1.165, 1.54) is 6.07 Å². The Morgan fingerprint density at radius 3 is 2.28 bits per heavy atom. The lowest BCUT2D eigenvalue weighted by molar-refractivity contribution is 0.0844. The zero-order valence-electron chi connectivity index (χ0n) is 19.4. The van der Waals surface area contributed by atoms with Gasteiger partial charge < -0.3 is 14.2 Å². The molecule has 184 valence electrons. The minimum Gasteiger partial charge on any atom is -0.490 e. The number of rotatable bonds is 9. The van der Waals surface area contributed by atoms with Crippen molar-refractivity contribution in [1.82, 2.24) is 21.0 Å². The number of H-pyrrole nitrogens is 1. The first kappa shape index (κ1) is 24.3. The van der Waals surface area contributed by atoms with Crippen molar-refractivity contribution in [3.63, 3.8) is 0 Å². The van der Waals surface area contributed by atoms with Gasteiger partial charge in [-0.2, -0.15) is 5.10 Å². The summed E-state index contributed by atoms with van der Waals surface area (Å²) < 4.78 is 17.0. The summed E-state index contributed by atoms with van der Waals surface area (Å²) in [5.41, 5.74) is 4.47. The topological polar surface area (TPSA) is 132 Å². The van der Waals surface area contributed by atoms with Crippen molar-refractivity contribution in [2.24, 2.45) is 0 Å². The molecule has 2 amide bonds. The fourth-order valence-corrected chi connectivity index (χ4v) is 3.40. The Balaban J connectivity index is 1.38. The van der Waals surface area contributed by atoms with E-state index in [2.05, 4.69) is 21.0 Å². The summed E-state index contributed by atoms with van der Waals surface area (Å²) in [5.74, 6) is 0.323. The third-order valence-electron chi connectivity index (χ3n) is 5.06. The SMILES string of the molecule is CCOc1cc(C(=O)NNC(=O)c2n[nH]c(=O)c3ccccc23)ccc1OCCOc1ccccc1. The van der Waals surface area contributed by atoms with Crippen molar-refractivity contribution in [2.45, 2.75) is 6.92 Å². The van der Waals surface area contributed by atoms with Crippen LogP contribution in [0.15, 0.2) is 77.6 Å². The Labute approximate surface area is 206 Å². The minimum absolute atomic E-state index is 0.0259. The van der Waals surface area contributed by atoms with Crippen LogP contribution in [0.5, 0.6) is 17.2 Å². The summed E-state index contributed by atoms with van der Waals surface area (Å²) in [6.45, 7) is 2.79. The molecule has 0 aliphatic carbocycles. The van der Waals surface area contributed by atoms with E-state index < -0.39 is 17.4 Å². The molecule has 3 aromatic carbocycles. The van der Waals surface area contributed by atoms with Crippen LogP contribution in [0.25, 0.3) is 10.8 Å². The van der Waals surface area contributed by atoms with Gasteiger partial charge >= 0.3 is 0 Å². The number of para-hydroxylation sites is 1. The molecule has 0 fully saturated rings. The number of hydrazine groups is 1. The highest BCUT2D eigenvalue weighted by Crippen LogP contribution is 2.28. The maximum atomic E-state index is 12.7. The van der Waals surface area contributed by atoms with Gasteiger partial charge in [-0.15, -0.1) is 0 Å². The zero-order valence-corrected chi connectivity index (χ0v) is 19.4. The average Bonchev–Trinajstić information content (AvgIpc) is 2.91. The first-order chi connectivity index (χ1) is 17.6. The number of hydrogen-bond donors (Lipinski definition) is 3. The predicted octanol–water partition coefficient (Wildman–Crippen LogP) is 2.85. The molecule has 0 aliphatic rings. The zero-order chi connectivity index (χ0) is 25.3. The van der Waals surface area contributed by atoms with E-state index in [0.717, 1.165) is 5.75 Å². The monoisotopic (exact) mass is 488 g/mol. The molecule has 0 aliphatic heterocycles. The Kier molecular flexibility index (Phi) is 7.76. The van der Waals surface area contributed by atoms with Crippen molar-refractivity contribution < 1.29 is 23.8 Å². The third kappa shape index (κ3) is 5.79. The fraction of sp³-hybridized carbons (Fsp3) is 0.154.